The Morgan fingerprint density at radius 1 is 1.45 bits per heavy atom. The van der Waals surface area contributed by atoms with E-state index in [1.165, 1.54) is 11.3 Å². The molecule has 0 spiro atoms. The maximum absolute atomic E-state index is 12.4. The van der Waals surface area contributed by atoms with Crippen LogP contribution in [0.25, 0.3) is 0 Å². The van der Waals surface area contributed by atoms with Crippen molar-refractivity contribution in [1.29, 1.82) is 0 Å². The van der Waals surface area contributed by atoms with Crippen LogP contribution in [0.5, 0.6) is 0 Å². The molecule has 0 radical (unpaired) electrons. The standard InChI is InChI=1S/C15H24N2O3S2/c1-3-12(2)16-14(18)11-13-6-8-17(9-7-13)22(19,20)15-5-4-10-21-15/h4-5,10,12-13H,3,6-9,11H2,1-2H3,(H,16,18). The largest absolute Gasteiger partial charge is 0.354 e. The third-order valence-electron chi connectivity index (χ3n) is 4.16. The van der Waals surface area contributed by atoms with Gasteiger partial charge in [-0.25, -0.2) is 8.42 Å². The van der Waals surface area contributed by atoms with Crippen LogP contribution in [-0.2, 0) is 14.8 Å². The molecule has 1 unspecified atom stereocenters. The maximum Gasteiger partial charge on any atom is 0.252 e. The Balaban J connectivity index is 1.85. The van der Waals surface area contributed by atoms with E-state index in [-0.39, 0.29) is 17.9 Å². The van der Waals surface area contributed by atoms with E-state index in [4.69, 9.17) is 0 Å². The van der Waals surface area contributed by atoms with E-state index in [0.717, 1.165) is 19.3 Å². The molecule has 1 aliphatic heterocycles. The molecule has 1 fully saturated rings. The van der Waals surface area contributed by atoms with Gasteiger partial charge in [0.25, 0.3) is 10.0 Å². The van der Waals surface area contributed by atoms with E-state index < -0.39 is 10.0 Å². The first kappa shape index (κ1) is 17.4. The SMILES string of the molecule is CCC(C)NC(=O)CC1CCN(S(=O)(=O)c2cccs2)CC1. The van der Waals surface area contributed by atoms with Crippen molar-refractivity contribution in [1.82, 2.24) is 9.62 Å². The van der Waals surface area contributed by atoms with Gasteiger partial charge in [0.1, 0.15) is 4.21 Å². The van der Waals surface area contributed by atoms with Crippen molar-refractivity contribution in [3.63, 3.8) is 0 Å². The zero-order valence-electron chi connectivity index (χ0n) is 13.1. The first-order chi connectivity index (χ1) is 10.4. The zero-order chi connectivity index (χ0) is 16.2. The number of carbonyl (C=O) groups excluding carboxylic acids is 1. The van der Waals surface area contributed by atoms with E-state index in [2.05, 4.69) is 5.32 Å². The Morgan fingerprint density at radius 2 is 2.14 bits per heavy atom. The molecular weight excluding hydrogens is 320 g/mol. The molecule has 0 aromatic carbocycles. The average molecular weight is 345 g/mol. The second-order valence-electron chi connectivity index (χ2n) is 5.86. The van der Waals surface area contributed by atoms with Gasteiger partial charge in [-0.05, 0) is 43.6 Å². The Hall–Kier alpha value is -0.920. The third kappa shape index (κ3) is 4.30. The van der Waals surface area contributed by atoms with Gasteiger partial charge in [0.2, 0.25) is 5.91 Å². The van der Waals surface area contributed by atoms with E-state index in [0.29, 0.717) is 23.7 Å². The number of nitrogens with zero attached hydrogens (tertiary/aromatic N) is 1. The third-order valence-corrected chi connectivity index (χ3v) is 7.43. The minimum Gasteiger partial charge on any atom is -0.354 e. The van der Waals surface area contributed by atoms with Crippen LogP contribution in [0.2, 0.25) is 0 Å². The van der Waals surface area contributed by atoms with Gasteiger partial charge < -0.3 is 5.32 Å². The highest BCUT2D eigenvalue weighted by atomic mass is 32.2. The smallest absolute Gasteiger partial charge is 0.252 e. The normalized spacial score (nSPS) is 19.0. The summed E-state index contributed by atoms with van der Waals surface area (Å²) in [4.78, 5) is 11.9. The van der Waals surface area contributed by atoms with E-state index in [1.54, 1.807) is 21.8 Å². The predicted octanol–water partition coefficient (Wildman–Crippen LogP) is 2.45. The Bertz CT molecular complexity index is 576. The number of piperidine rings is 1. The van der Waals surface area contributed by atoms with Crippen LogP contribution in [0.15, 0.2) is 21.7 Å². The summed E-state index contributed by atoms with van der Waals surface area (Å²) < 4.78 is 26.8. The van der Waals surface area contributed by atoms with Gasteiger partial charge in [0.15, 0.2) is 0 Å². The molecule has 1 aromatic rings. The van der Waals surface area contributed by atoms with Crippen molar-refractivity contribution in [3.8, 4) is 0 Å². The molecule has 2 heterocycles. The summed E-state index contributed by atoms with van der Waals surface area (Å²) in [5, 5.41) is 4.75. The molecule has 5 nitrogen and oxygen atoms in total. The number of carbonyl (C=O) groups is 1. The number of rotatable bonds is 6. The van der Waals surface area contributed by atoms with Gasteiger partial charge in [-0.1, -0.05) is 13.0 Å². The van der Waals surface area contributed by atoms with Crippen LogP contribution in [0.3, 0.4) is 0 Å². The van der Waals surface area contributed by atoms with E-state index >= 15 is 0 Å². The minimum absolute atomic E-state index is 0.0777. The van der Waals surface area contributed by atoms with Gasteiger partial charge in [-0.15, -0.1) is 11.3 Å². The fraction of sp³-hybridized carbons (Fsp3) is 0.667. The monoisotopic (exact) mass is 344 g/mol. The summed E-state index contributed by atoms with van der Waals surface area (Å²) in [5.41, 5.74) is 0. The van der Waals surface area contributed by atoms with E-state index in [1.807, 2.05) is 13.8 Å². The second kappa shape index (κ2) is 7.57. The predicted molar refractivity (Wildman–Crippen MR) is 88.3 cm³/mol. The van der Waals surface area contributed by atoms with Gasteiger partial charge in [0.05, 0.1) is 0 Å². The van der Waals surface area contributed by atoms with Crippen molar-refractivity contribution in [2.24, 2.45) is 5.92 Å². The number of thiophene rings is 1. The van der Waals surface area contributed by atoms with Crippen molar-refractivity contribution in [2.75, 3.05) is 13.1 Å². The molecule has 0 aliphatic carbocycles. The fourth-order valence-electron chi connectivity index (χ4n) is 2.59. The maximum atomic E-state index is 12.4. The summed E-state index contributed by atoms with van der Waals surface area (Å²) >= 11 is 1.25. The van der Waals surface area contributed by atoms with Crippen LogP contribution >= 0.6 is 11.3 Å². The summed E-state index contributed by atoms with van der Waals surface area (Å²) in [6.07, 6.45) is 2.91. The van der Waals surface area contributed by atoms with Crippen LogP contribution in [-0.4, -0.2) is 37.8 Å². The molecule has 1 amide bonds. The van der Waals surface area contributed by atoms with Crippen LogP contribution in [0, 0.1) is 5.92 Å². The van der Waals surface area contributed by atoms with Crippen molar-refractivity contribution >= 4 is 27.3 Å². The Labute approximate surface area is 136 Å². The molecule has 7 heteroatoms. The summed E-state index contributed by atoms with van der Waals surface area (Å²) in [5.74, 6) is 0.354. The highest BCUT2D eigenvalue weighted by molar-refractivity contribution is 7.91. The van der Waals surface area contributed by atoms with Gasteiger partial charge in [-0.2, -0.15) is 4.31 Å². The summed E-state index contributed by atoms with van der Waals surface area (Å²) in [6, 6.07) is 3.60. The van der Waals surface area contributed by atoms with Crippen molar-refractivity contribution in [2.45, 2.75) is 49.8 Å². The van der Waals surface area contributed by atoms with Crippen molar-refractivity contribution in [3.05, 3.63) is 17.5 Å². The molecule has 1 N–H and O–H groups in total. The Kier molecular flexibility index (Phi) is 6.00. The lowest BCUT2D eigenvalue weighted by atomic mass is 9.94. The topological polar surface area (TPSA) is 66.5 Å². The van der Waals surface area contributed by atoms with Crippen LogP contribution in [0.1, 0.15) is 39.5 Å². The number of hydrogen-bond donors (Lipinski definition) is 1. The average Bonchev–Trinajstić information content (AvgIpc) is 3.02. The zero-order valence-corrected chi connectivity index (χ0v) is 14.8. The molecule has 1 atom stereocenters. The first-order valence-corrected chi connectivity index (χ1v) is 10.1. The molecule has 124 valence electrons. The van der Waals surface area contributed by atoms with Gasteiger partial charge >= 0.3 is 0 Å². The molecular formula is C15H24N2O3S2. The highest BCUT2D eigenvalue weighted by Gasteiger charge is 2.30. The summed E-state index contributed by atoms with van der Waals surface area (Å²) in [6.45, 7) is 5.04. The van der Waals surface area contributed by atoms with Crippen LogP contribution in [0.4, 0.5) is 0 Å². The van der Waals surface area contributed by atoms with Gasteiger partial charge in [0, 0.05) is 25.6 Å². The van der Waals surface area contributed by atoms with Crippen LogP contribution < -0.4 is 5.32 Å². The van der Waals surface area contributed by atoms with E-state index in [9.17, 15) is 13.2 Å². The molecule has 22 heavy (non-hydrogen) atoms. The fourth-order valence-corrected chi connectivity index (χ4v) is 5.20. The lowest BCUT2D eigenvalue weighted by Gasteiger charge is -2.30. The highest BCUT2D eigenvalue weighted by Crippen LogP contribution is 2.27. The number of amides is 1. The van der Waals surface area contributed by atoms with Crippen molar-refractivity contribution < 1.29 is 13.2 Å². The number of nitrogens with one attached hydrogen (secondary N) is 1. The molecule has 1 aliphatic rings. The minimum atomic E-state index is -3.34. The first-order valence-electron chi connectivity index (χ1n) is 7.76. The molecule has 1 aromatic heterocycles. The lowest BCUT2D eigenvalue weighted by molar-refractivity contribution is -0.122. The number of hydrogen-bond acceptors (Lipinski definition) is 4. The number of sulfonamides is 1. The molecule has 0 saturated carbocycles. The van der Waals surface area contributed by atoms with Gasteiger partial charge in [-0.3, -0.25) is 4.79 Å². The summed E-state index contributed by atoms with van der Waals surface area (Å²) in [7, 11) is -3.34. The molecule has 0 bridgehead atoms. The lowest BCUT2D eigenvalue weighted by Crippen LogP contribution is -2.40. The molecule has 1 saturated heterocycles. The second-order valence-corrected chi connectivity index (χ2v) is 8.97. The quantitative estimate of drug-likeness (QED) is 0.862. The Morgan fingerprint density at radius 3 is 2.68 bits per heavy atom. The molecule has 2 rings (SSSR count).